The van der Waals surface area contributed by atoms with Gasteiger partial charge in [-0.25, -0.2) is 0 Å². The quantitative estimate of drug-likeness (QED) is 0.172. The summed E-state index contributed by atoms with van der Waals surface area (Å²) in [4.78, 5) is 0. The van der Waals surface area contributed by atoms with Crippen LogP contribution in [0.15, 0.2) is 128 Å². The molecule has 0 radical (unpaired) electrons. The maximum atomic E-state index is 12.0. The zero-order chi connectivity index (χ0) is 24.1. The molecule has 1 N–H and O–H groups in total. The van der Waals surface area contributed by atoms with Crippen LogP contribution in [0.5, 0.6) is 11.5 Å². The number of hydrogen-bond donors (Lipinski definition) is 1. The van der Waals surface area contributed by atoms with Crippen molar-refractivity contribution in [2.75, 3.05) is 13.2 Å². The van der Waals surface area contributed by atoms with Crippen LogP contribution < -0.4 is 9.47 Å². The molecule has 34 heavy (non-hydrogen) atoms. The Labute approximate surface area is 203 Å². The predicted molar refractivity (Wildman–Crippen MR) is 140 cm³/mol. The lowest BCUT2D eigenvalue weighted by molar-refractivity contribution is 0.125. The summed E-state index contributed by atoms with van der Waals surface area (Å²) in [7, 11) is 0. The average molecular weight is 453 g/mol. The van der Waals surface area contributed by atoms with Gasteiger partial charge in [0.2, 0.25) is 0 Å². The van der Waals surface area contributed by atoms with Crippen LogP contribution in [0.1, 0.15) is 29.5 Å². The Kier molecular flexibility index (Phi) is 9.51. The summed E-state index contributed by atoms with van der Waals surface area (Å²) in [6.07, 6.45) is 13.0. The van der Waals surface area contributed by atoms with Gasteiger partial charge >= 0.3 is 0 Å². The SMILES string of the molecule is C=CC=CCCOc1ccc(C(O)(c2ccccc2)c2ccc(OCCC=CC=C)cc2)cc1. The zero-order valence-electron chi connectivity index (χ0n) is 19.5. The van der Waals surface area contributed by atoms with E-state index < -0.39 is 5.60 Å². The van der Waals surface area contributed by atoms with Gasteiger partial charge in [0.25, 0.3) is 0 Å². The molecule has 3 heteroatoms. The second kappa shape index (κ2) is 13.0. The monoisotopic (exact) mass is 452 g/mol. The fourth-order valence-electron chi connectivity index (χ4n) is 3.64. The zero-order valence-corrected chi connectivity index (χ0v) is 19.5. The van der Waals surface area contributed by atoms with Crippen molar-refractivity contribution < 1.29 is 14.6 Å². The molecule has 0 spiro atoms. The fraction of sp³-hybridized carbons (Fsp3) is 0.161. The Morgan fingerprint density at radius 3 is 1.44 bits per heavy atom. The molecule has 3 nitrogen and oxygen atoms in total. The van der Waals surface area contributed by atoms with Crippen LogP contribution >= 0.6 is 0 Å². The molecule has 0 saturated carbocycles. The molecule has 0 aromatic heterocycles. The second-order valence-corrected chi connectivity index (χ2v) is 7.73. The van der Waals surface area contributed by atoms with Gasteiger partial charge in [0.05, 0.1) is 13.2 Å². The van der Waals surface area contributed by atoms with Crippen LogP contribution in [0.2, 0.25) is 0 Å². The maximum Gasteiger partial charge on any atom is 0.140 e. The number of ether oxygens (including phenoxy) is 2. The van der Waals surface area contributed by atoms with Crippen LogP contribution in [-0.4, -0.2) is 18.3 Å². The van der Waals surface area contributed by atoms with Crippen LogP contribution in [0.3, 0.4) is 0 Å². The third kappa shape index (κ3) is 6.60. The number of rotatable bonds is 13. The van der Waals surface area contributed by atoms with Gasteiger partial charge in [-0.05, 0) is 53.8 Å². The van der Waals surface area contributed by atoms with E-state index in [4.69, 9.17) is 9.47 Å². The van der Waals surface area contributed by atoms with Crippen molar-refractivity contribution in [3.8, 4) is 11.5 Å². The molecule has 0 aliphatic heterocycles. The molecule has 3 rings (SSSR count). The summed E-state index contributed by atoms with van der Waals surface area (Å²) in [6, 6.07) is 24.9. The van der Waals surface area contributed by atoms with E-state index in [1.807, 2.05) is 103 Å². The minimum absolute atomic E-state index is 0.581. The van der Waals surface area contributed by atoms with E-state index in [2.05, 4.69) is 13.2 Å². The third-order valence-electron chi connectivity index (χ3n) is 5.39. The largest absolute Gasteiger partial charge is 0.493 e. The standard InChI is InChI=1S/C31H32O3/c1-3-5-7-12-24-33-29-20-16-27(17-21-29)31(32,26-14-10-9-11-15-26)28-18-22-30(23-19-28)34-25-13-8-6-4-2/h3-11,14-23,32H,1-2,12-13,24-25H2. The van der Waals surface area contributed by atoms with E-state index >= 15 is 0 Å². The van der Waals surface area contributed by atoms with Crippen molar-refractivity contribution in [3.63, 3.8) is 0 Å². The van der Waals surface area contributed by atoms with Gasteiger partial charge in [0, 0.05) is 0 Å². The van der Waals surface area contributed by atoms with Gasteiger partial charge < -0.3 is 14.6 Å². The van der Waals surface area contributed by atoms with Crippen molar-refractivity contribution in [2.24, 2.45) is 0 Å². The van der Waals surface area contributed by atoms with Gasteiger partial charge in [-0.1, -0.05) is 104 Å². The summed E-state index contributed by atoms with van der Waals surface area (Å²) < 4.78 is 11.6. The first-order valence-corrected chi connectivity index (χ1v) is 11.5. The van der Waals surface area contributed by atoms with Gasteiger partial charge in [-0.3, -0.25) is 0 Å². The lowest BCUT2D eigenvalue weighted by atomic mass is 9.80. The summed E-state index contributed by atoms with van der Waals surface area (Å²) in [5.41, 5.74) is 1.01. The van der Waals surface area contributed by atoms with Crippen molar-refractivity contribution in [3.05, 3.63) is 145 Å². The number of allylic oxidation sites excluding steroid dienone is 4. The highest BCUT2D eigenvalue weighted by molar-refractivity contribution is 5.49. The summed E-state index contributed by atoms with van der Waals surface area (Å²) in [6.45, 7) is 8.49. The Hall–Kier alpha value is -3.82. The van der Waals surface area contributed by atoms with E-state index in [1.54, 1.807) is 12.2 Å². The van der Waals surface area contributed by atoms with Gasteiger partial charge in [-0.2, -0.15) is 0 Å². The molecule has 0 unspecified atom stereocenters. The minimum Gasteiger partial charge on any atom is -0.493 e. The molecule has 0 amide bonds. The van der Waals surface area contributed by atoms with Crippen LogP contribution in [0.4, 0.5) is 0 Å². The fourth-order valence-corrected chi connectivity index (χ4v) is 3.64. The first-order valence-electron chi connectivity index (χ1n) is 11.5. The molecule has 0 fully saturated rings. The second-order valence-electron chi connectivity index (χ2n) is 7.73. The number of aliphatic hydroxyl groups is 1. The van der Waals surface area contributed by atoms with Crippen LogP contribution in [0, 0.1) is 0 Å². The highest BCUT2D eigenvalue weighted by Gasteiger charge is 2.33. The Morgan fingerprint density at radius 1 is 0.618 bits per heavy atom. The number of hydrogen-bond acceptors (Lipinski definition) is 3. The topological polar surface area (TPSA) is 38.7 Å². The highest BCUT2D eigenvalue weighted by atomic mass is 16.5. The molecule has 3 aromatic carbocycles. The Bertz CT molecular complexity index is 1010. The predicted octanol–water partition coefficient (Wildman–Crippen LogP) is 6.99. The van der Waals surface area contributed by atoms with Crippen molar-refractivity contribution in [1.82, 2.24) is 0 Å². The molecule has 0 heterocycles. The molecule has 0 saturated heterocycles. The van der Waals surface area contributed by atoms with Crippen LogP contribution in [0.25, 0.3) is 0 Å². The molecule has 0 atom stereocenters. The average Bonchev–Trinajstić information content (AvgIpc) is 2.89. The van der Waals surface area contributed by atoms with E-state index in [9.17, 15) is 5.11 Å². The molecular formula is C31H32O3. The molecule has 0 aliphatic rings. The smallest absolute Gasteiger partial charge is 0.140 e. The molecule has 0 aliphatic carbocycles. The van der Waals surface area contributed by atoms with Crippen molar-refractivity contribution in [1.29, 1.82) is 0 Å². The lowest BCUT2D eigenvalue weighted by Gasteiger charge is -2.30. The van der Waals surface area contributed by atoms with Gasteiger partial charge in [0.1, 0.15) is 17.1 Å². The first kappa shape index (κ1) is 24.8. The maximum absolute atomic E-state index is 12.0. The summed E-state index contributed by atoms with van der Waals surface area (Å²) >= 11 is 0. The first-order chi connectivity index (χ1) is 16.7. The molecule has 0 bridgehead atoms. The highest BCUT2D eigenvalue weighted by Crippen LogP contribution is 2.37. The summed E-state index contributed by atoms with van der Waals surface area (Å²) in [5.74, 6) is 1.53. The van der Waals surface area contributed by atoms with Crippen molar-refractivity contribution >= 4 is 0 Å². The van der Waals surface area contributed by atoms with Gasteiger partial charge in [0.15, 0.2) is 0 Å². The molecule has 174 valence electrons. The van der Waals surface area contributed by atoms with Crippen LogP contribution in [-0.2, 0) is 5.60 Å². The Balaban J connectivity index is 1.80. The van der Waals surface area contributed by atoms with Crippen molar-refractivity contribution in [2.45, 2.75) is 18.4 Å². The van der Waals surface area contributed by atoms with E-state index in [1.165, 1.54) is 0 Å². The van der Waals surface area contributed by atoms with E-state index in [0.717, 1.165) is 41.0 Å². The molecular weight excluding hydrogens is 420 g/mol. The molecule has 3 aromatic rings. The van der Waals surface area contributed by atoms with E-state index in [-0.39, 0.29) is 0 Å². The third-order valence-corrected chi connectivity index (χ3v) is 5.39. The number of benzene rings is 3. The minimum atomic E-state index is -1.31. The summed E-state index contributed by atoms with van der Waals surface area (Å²) in [5, 5.41) is 12.0. The normalized spacial score (nSPS) is 13.0. The lowest BCUT2D eigenvalue weighted by Crippen LogP contribution is -2.28. The van der Waals surface area contributed by atoms with Gasteiger partial charge in [-0.15, -0.1) is 0 Å². The Morgan fingerprint density at radius 2 is 1.03 bits per heavy atom. The van der Waals surface area contributed by atoms with E-state index in [0.29, 0.717) is 13.2 Å².